The molecule has 1 aromatic carbocycles. The second kappa shape index (κ2) is 8.60. The molecular formula is C18H23FN2O4. The minimum absolute atomic E-state index is 0.00871. The lowest BCUT2D eigenvalue weighted by Crippen LogP contribution is -2.48. The number of ether oxygens (including phenoxy) is 1. The number of amides is 3. The second-order valence-corrected chi connectivity index (χ2v) is 6.31. The zero-order valence-corrected chi connectivity index (χ0v) is 14.4. The molecule has 25 heavy (non-hydrogen) atoms. The molecule has 0 radical (unpaired) electrons. The van der Waals surface area contributed by atoms with Crippen LogP contribution in [0.5, 0.6) is 0 Å². The van der Waals surface area contributed by atoms with Crippen molar-refractivity contribution in [3.05, 3.63) is 35.1 Å². The average molecular weight is 350 g/mol. The molecule has 2 rings (SSSR count). The third kappa shape index (κ3) is 5.55. The van der Waals surface area contributed by atoms with Crippen molar-refractivity contribution >= 4 is 17.9 Å². The largest absolute Gasteiger partial charge is 0.449 e. The molecule has 2 N–H and O–H groups in total. The van der Waals surface area contributed by atoms with Crippen molar-refractivity contribution in [2.75, 3.05) is 0 Å². The molecule has 1 atom stereocenters. The van der Waals surface area contributed by atoms with Gasteiger partial charge in [-0.2, -0.15) is 0 Å². The fourth-order valence-corrected chi connectivity index (χ4v) is 2.68. The van der Waals surface area contributed by atoms with Gasteiger partial charge in [-0.25, -0.2) is 14.0 Å². The minimum atomic E-state index is -1.17. The maximum absolute atomic E-state index is 13.5. The van der Waals surface area contributed by atoms with Crippen LogP contribution in [0.25, 0.3) is 0 Å². The van der Waals surface area contributed by atoms with Gasteiger partial charge in [-0.05, 0) is 44.4 Å². The predicted molar refractivity (Wildman–Crippen MR) is 89.6 cm³/mol. The van der Waals surface area contributed by atoms with Crippen LogP contribution >= 0.6 is 0 Å². The molecular weight excluding hydrogens is 327 g/mol. The fourth-order valence-electron chi connectivity index (χ4n) is 2.68. The summed E-state index contributed by atoms with van der Waals surface area (Å²) in [6.45, 7) is 2.93. The monoisotopic (exact) mass is 350 g/mol. The van der Waals surface area contributed by atoms with Crippen molar-refractivity contribution in [1.29, 1.82) is 0 Å². The Hall–Kier alpha value is -2.44. The SMILES string of the molecule is Cc1ccc(C(=O)O[C@H](C)C(=O)NC(=O)NC2CCCCC2)cc1F. The molecule has 0 heterocycles. The first kappa shape index (κ1) is 18.9. The van der Waals surface area contributed by atoms with Crippen LogP contribution < -0.4 is 10.6 Å². The molecule has 7 heteroatoms. The number of rotatable bonds is 4. The number of hydrogen-bond acceptors (Lipinski definition) is 4. The molecule has 1 fully saturated rings. The molecule has 0 spiro atoms. The van der Waals surface area contributed by atoms with Crippen LogP contribution in [0.2, 0.25) is 0 Å². The van der Waals surface area contributed by atoms with Crippen molar-refractivity contribution < 1.29 is 23.5 Å². The summed E-state index contributed by atoms with van der Waals surface area (Å²) in [5, 5.41) is 4.91. The van der Waals surface area contributed by atoms with Crippen LogP contribution in [0, 0.1) is 12.7 Å². The third-order valence-electron chi connectivity index (χ3n) is 4.24. The molecule has 1 aliphatic rings. The van der Waals surface area contributed by atoms with E-state index in [-0.39, 0.29) is 11.6 Å². The Morgan fingerprint density at radius 2 is 1.88 bits per heavy atom. The highest BCUT2D eigenvalue weighted by molar-refractivity contribution is 5.98. The maximum Gasteiger partial charge on any atom is 0.339 e. The average Bonchev–Trinajstić information content (AvgIpc) is 2.57. The molecule has 1 aromatic rings. The normalized spacial score (nSPS) is 16.0. The van der Waals surface area contributed by atoms with Crippen molar-refractivity contribution in [3.8, 4) is 0 Å². The number of hydrogen-bond donors (Lipinski definition) is 2. The highest BCUT2D eigenvalue weighted by Gasteiger charge is 2.23. The number of urea groups is 1. The molecule has 0 aromatic heterocycles. The van der Waals surface area contributed by atoms with Gasteiger partial charge in [0.2, 0.25) is 0 Å². The number of halogens is 1. The lowest BCUT2D eigenvalue weighted by molar-refractivity contribution is -0.127. The van der Waals surface area contributed by atoms with Crippen molar-refractivity contribution in [3.63, 3.8) is 0 Å². The summed E-state index contributed by atoms with van der Waals surface area (Å²) in [4.78, 5) is 35.7. The Balaban J connectivity index is 1.83. The summed E-state index contributed by atoms with van der Waals surface area (Å²) < 4.78 is 18.5. The molecule has 136 valence electrons. The van der Waals surface area contributed by atoms with Crippen LogP contribution in [-0.2, 0) is 9.53 Å². The van der Waals surface area contributed by atoms with Gasteiger partial charge in [0.05, 0.1) is 5.56 Å². The highest BCUT2D eigenvalue weighted by atomic mass is 19.1. The molecule has 0 aliphatic heterocycles. The summed E-state index contributed by atoms with van der Waals surface area (Å²) in [6.07, 6.45) is 3.88. The lowest BCUT2D eigenvalue weighted by atomic mass is 9.96. The zero-order chi connectivity index (χ0) is 18.4. The Morgan fingerprint density at radius 1 is 1.20 bits per heavy atom. The quantitative estimate of drug-likeness (QED) is 0.818. The molecule has 3 amide bonds. The second-order valence-electron chi connectivity index (χ2n) is 6.31. The Bertz CT molecular complexity index is 656. The number of carbonyl (C=O) groups excluding carboxylic acids is 3. The first-order valence-electron chi connectivity index (χ1n) is 8.45. The van der Waals surface area contributed by atoms with Gasteiger partial charge in [0, 0.05) is 6.04 Å². The number of benzene rings is 1. The van der Waals surface area contributed by atoms with E-state index in [1.54, 1.807) is 6.92 Å². The third-order valence-corrected chi connectivity index (χ3v) is 4.24. The first-order valence-corrected chi connectivity index (χ1v) is 8.45. The predicted octanol–water partition coefficient (Wildman–Crippen LogP) is 2.84. The van der Waals surface area contributed by atoms with Crippen molar-refractivity contribution in [1.82, 2.24) is 10.6 Å². The van der Waals surface area contributed by atoms with Gasteiger partial charge in [0.25, 0.3) is 5.91 Å². The molecule has 0 bridgehead atoms. The summed E-state index contributed by atoms with van der Waals surface area (Å²) in [6, 6.07) is 3.39. The molecule has 1 aliphatic carbocycles. The molecule has 1 saturated carbocycles. The van der Waals surface area contributed by atoms with E-state index in [1.165, 1.54) is 19.1 Å². The Labute approximate surface area is 146 Å². The van der Waals surface area contributed by atoms with Crippen LogP contribution in [0.15, 0.2) is 18.2 Å². The van der Waals surface area contributed by atoms with E-state index in [0.29, 0.717) is 5.56 Å². The molecule has 0 unspecified atom stereocenters. The number of carbonyl (C=O) groups is 3. The van der Waals surface area contributed by atoms with E-state index in [9.17, 15) is 18.8 Å². The summed E-state index contributed by atoms with van der Waals surface area (Å²) in [7, 11) is 0. The van der Waals surface area contributed by atoms with Gasteiger partial charge in [0.15, 0.2) is 6.10 Å². The summed E-state index contributed by atoms with van der Waals surface area (Å²) in [5.41, 5.74) is 0.413. The van der Waals surface area contributed by atoms with Gasteiger partial charge in [-0.15, -0.1) is 0 Å². The smallest absolute Gasteiger partial charge is 0.339 e. The van der Waals surface area contributed by atoms with Gasteiger partial charge in [0.1, 0.15) is 5.82 Å². The van der Waals surface area contributed by atoms with E-state index in [1.807, 2.05) is 0 Å². The first-order chi connectivity index (χ1) is 11.9. The molecule has 0 saturated heterocycles. The van der Waals surface area contributed by atoms with Crippen LogP contribution in [0.3, 0.4) is 0 Å². The van der Waals surface area contributed by atoms with Crippen LogP contribution in [0.1, 0.15) is 54.9 Å². The Kier molecular flexibility index (Phi) is 6.50. The van der Waals surface area contributed by atoms with Crippen LogP contribution in [0.4, 0.5) is 9.18 Å². The van der Waals surface area contributed by atoms with E-state index in [4.69, 9.17) is 4.74 Å². The zero-order valence-electron chi connectivity index (χ0n) is 14.4. The summed E-state index contributed by atoms with van der Waals surface area (Å²) in [5.74, 6) is -2.08. The Morgan fingerprint density at radius 3 is 2.52 bits per heavy atom. The van der Waals surface area contributed by atoms with Crippen molar-refractivity contribution in [2.24, 2.45) is 0 Å². The number of nitrogens with one attached hydrogen (secondary N) is 2. The lowest BCUT2D eigenvalue weighted by Gasteiger charge is -2.23. The van der Waals surface area contributed by atoms with E-state index in [2.05, 4.69) is 10.6 Å². The van der Waals surface area contributed by atoms with E-state index >= 15 is 0 Å². The fraction of sp³-hybridized carbons (Fsp3) is 0.500. The highest BCUT2D eigenvalue weighted by Crippen LogP contribution is 2.17. The van der Waals surface area contributed by atoms with Gasteiger partial charge >= 0.3 is 12.0 Å². The number of imide groups is 1. The minimum Gasteiger partial charge on any atom is -0.449 e. The van der Waals surface area contributed by atoms with Crippen molar-refractivity contribution in [2.45, 2.75) is 58.1 Å². The topological polar surface area (TPSA) is 84.5 Å². The summed E-state index contributed by atoms with van der Waals surface area (Å²) >= 11 is 0. The van der Waals surface area contributed by atoms with Crippen LogP contribution in [-0.4, -0.2) is 30.1 Å². The van der Waals surface area contributed by atoms with E-state index in [0.717, 1.165) is 38.2 Å². The maximum atomic E-state index is 13.5. The number of esters is 1. The van der Waals surface area contributed by atoms with Gasteiger partial charge in [-0.1, -0.05) is 25.3 Å². The number of aryl methyl sites for hydroxylation is 1. The van der Waals surface area contributed by atoms with E-state index < -0.39 is 29.8 Å². The van der Waals surface area contributed by atoms with Gasteiger partial charge in [-0.3, -0.25) is 10.1 Å². The van der Waals surface area contributed by atoms with Gasteiger partial charge < -0.3 is 10.1 Å². The standard InChI is InChI=1S/C18H23FN2O4/c1-11-8-9-13(10-15(11)19)17(23)25-12(2)16(22)21-18(24)20-14-6-4-3-5-7-14/h8-10,12,14H,3-7H2,1-2H3,(H2,20,21,22,24)/t12-/m1/s1. The molecule has 6 nitrogen and oxygen atoms in total.